The molecule has 0 heterocycles. The number of benzene rings is 2. The Kier molecular flexibility index (Phi) is 5.04. The van der Waals surface area contributed by atoms with Crippen LogP contribution in [0.4, 0.5) is 5.69 Å². The predicted octanol–water partition coefficient (Wildman–Crippen LogP) is 4.43. The van der Waals surface area contributed by atoms with Gasteiger partial charge in [0.15, 0.2) is 6.61 Å². The van der Waals surface area contributed by atoms with Crippen LogP contribution in [0.15, 0.2) is 46.9 Å². The largest absolute Gasteiger partial charge is 0.484 e. The predicted molar refractivity (Wildman–Crippen MR) is 84.5 cm³/mol. The van der Waals surface area contributed by atoms with Gasteiger partial charge in [-0.2, -0.15) is 0 Å². The van der Waals surface area contributed by atoms with Crippen LogP contribution < -0.4 is 10.1 Å². The number of nitrogens with one attached hydrogen (secondary N) is 1. The number of rotatable bonds is 4. The second-order valence-electron chi connectivity index (χ2n) is 4.28. The van der Waals surface area contributed by atoms with Crippen LogP contribution in [-0.2, 0) is 4.79 Å². The normalized spacial score (nSPS) is 10.2. The zero-order valence-corrected chi connectivity index (χ0v) is 13.2. The molecule has 2 rings (SSSR count). The molecule has 0 saturated carbocycles. The summed E-state index contributed by atoms with van der Waals surface area (Å²) in [6.07, 6.45) is 0. The molecule has 104 valence electrons. The van der Waals surface area contributed by atoms with Crippen molar-refractivity contribution < 1.29 is 9.53 Å². The first-order chi connectivity index (χ1) is 9.54. The number of carbonyl (C=O) groups excluding carboxylic acids is 1. The molecule has 0 fully saturated rings. The highest BCUT2D eigenvalue weighted by Gasteiger charge is 2.05. The summed E-state index contributed by atoms with van der Waals surface area (Å²) >= 11 is 9.25. The van der Waals surface area contributed by atoms with E-state index in [4.69, 9.17) is 16.3 Å². The van der Waals surface area contributed by atoms with Crippen LogP contribution in [0.2, 0.25) is 5.02 Å². The van der Waals surface area contributed by atoms with E-state index >= 15 is 0 Å². The van der Waals surface area contributed by atoms with Crippen molar-refractivity contribution >= 4 is 39.1 Å². The van der Waals surface area contributed by atoms with E-state index in [9.17, 15) is 4.79 Å². The Morgan fingerprint density at radius 1 is 1.25 bits per heavy atom. The summed E-state index contributed by atoms with van der Waals surface area (Å²) in [6.45, 7) is 1.95. The van der Waals surface area contributed by atoms with Gasteiger partial charge >= 0.3 is 0 Å². The highest BCUT2D eigenvalue weighted by molar-refractivity contribution is 9.10. The van der Waals surface area contributed by atoms with E-state index in [1.807, 2.05) is 31.2 Å². The number of halogens is 2. The molecule has 1 amide bonds. The monoisotopic (exact) mass is 353 g/mol. The molecule has 0 aliphatic rings. The smallest absolute Gasteiger partial charge is 0.262 e. The Morgan fingerprint density at radius 2 is 1.95 bits per heavy atom. The van der Waals surface area contributed by atoms with E-state index in [2.05, 4.69) is 21.2 Å². The Bertz CT molecular complexity index is 614. The topological polar surface area (TPSA) is 38.3 Å². The Balaban J connectivity index is 1.89. The van der Waals surface area contributed by atoms with Gasteiger partial charge in [0.2, 0.25) is 0 Å². The summed E-state index contributed by atoms with van der Waals surface area (Å²) in [7, 11) is 0. The fourth-order valence-electron chi connectivity index (χ4n) is 1.55. The molecule has 2 aromatic carbocycles. The third-order valence-corrected chi connectivity index (χ3v) is 3.83. The van der Waals surface area contributed by atoms with Crippen molar-refractivity contribution in [3.8, 4) is 5.75 Å². The molecule has 0 aromatic heterocycles. The highest BCUT2D eigenvalue weighted by Crippen LogP contribution is 2.25. The van der Waals surface area contributed by atoms with E-state index in [1.165, 1.54) is 0 Å². The number of aryl methyl sites for hydroxylation is 1. The average molecular weight is 355 g/mol. The molecule has 0 aliphatic heterocycles. The van der Waals surface area contributed by atoms with Crippen LogP contribution >= 0.6 is 27.5 Å². The zero-order valence-electron chi connectivity index (χ0n) is 10.8. The molecule has 1 N–H and O–H groups in total. The van der Waals surface area contributed by atoms with Gasteiger partial charge in [0, 0.05) is 10.2 Å². The van der Waals surface area contributed by atoms with Gasteiger partial charge < -0.3 is 10.1 Å². The number of hydrogen-bond donors (Lipinski definition) is 1. The van der Waals surface area contributed by atoms with Crippen molar-refractivity contribution in [3.05, 3.63) is 57.5 Å². The Labute approximate surface area is 131 Å². The van der Waals surface area contributed by atoms with Crippen molar-refractivity contribution in [1.29, 1.82) is 0 Å². The number of amides is 1. The minimum Gasteiger partial charge on any atom is -0.484 e. The van der Waals surface area contributed by atoms with Crippen molar-refractivity contribution in [2.45, 2.75) is 6.92 Å². The third-order valence-electron chi connectivity index (χ3n) is 2.59. The van der Waals surface area contributed by atoms with E-state index in [0.717, 1.165) is 10.0 Å². The van der Waals surface area contributed by atoms with Gasteiger partial charge in [-0.05, 0) is 53.2 Å². The van der Waals surface area contributed by atoms with Gasteiger partial charge in [-0.25, -0.2) is 0 Å². The number of ether oxygens (including phenoxy) is 1. The Hall–Kier alpha value is -1.52. The lowest BCUT2D eigenvalue weighted by Gasteiger charge is -2.08. The van der Waals surface area contributed by atoms with Gasteiger partial charge in [0.1, 0.15) is 5.75 Å². The van der Waals surface area contributed by atoms with Crippen molar-refractivity contribution in [2.75, 3.05) is 11.9 Å². The van der Waals surface area contributed by atoms with Gasteiger partial charge in [-0.15, -0.1) is 0 Å². The van der Waals surface area contributed by atoms with Crippen molar-refractivity contribution in [3.63, 3.8) is 0 Å². The molecule has 5 heteroatoms. The van der Waals surface area contributed by atoms with E-state index < -0.39 is 0 Å². The molecule has 0 atom stereocenters. The van der Waals surface area contributed by atoms with Gasteiger partial charge in [0.05, 0.1) is 5.02 Å². The second-order valence-corrected chi connectivity index (χ2v) is 5.54. The van der Waals surface area contributed by atoms with E-state index in [-0.39, 0.29) is 12.5 Å². The molecule has 0 spiro atoms. The molecule has 0 saturated heterocycles. The lowest BCUT2D eigenvalue weighted by Crippen LogP contribution is -2.20. The standard InChI is InChI=1S/C15H13BrClNO2/c1-10-2-5-12(6-3-10)20-9-15(19)18-11-4-7-13(16)14(17)8-11/h2-8H,9H2,1H3,(H,18,19). The van der Waals surface area contributed by atoms with Crippen LogP contribution in [0.1, 0.15) is 5.56 Å². The van der Waals surface area contributed by atoms with Crippen LogP contribution in [0.3, 0.4) is 0 Å². The first-order valence-electron chi connectivity index (χ1n) is 5.99. The average Bonchev–Trinajstić information content (AvgIpc) is 2.42. The van der Waals surface area contributed by atoms with Crippen LogP contribution in [-0.4, -0.2) is 12.5 Å². The minimum absolute atomic E-state index is 0.0449. The van der Waals surface area contributed by atoms with Crippen molar-refractivity contribution in [2.24, 2.45) is 0 Å². The highest BCUT2D eigenvalue weighted by atomic mass is 79.9. The van der Waals surface area contributed by atoms with E-state index in [0.29, 0.717) is 16.5 Å². The van der Waals surface area contributed by atoms with Crippen LogP contribution in [0, 0.1) is 6.92 Å². The molecule has 0 radical (unpaired) electrons. The number of hydrogen-bond acceptors (Lipinski definition) is 2. The first-order valence-corrected chi connectivity index (χ1v) is 7.16. The maximum Gasteiger partial charge on any atom is 0.262 e. The minimum atomic E-state index is -0.232. The van der Waals surface area contributed by atoms with Crippen molar-refractivity contribution in [1.82, 2.24) is 0 Å². The third kappa shape index (κ3) is 4.25. The lowest BCUT2D eigenvalue weighted by molar-refractivity contribution is -0.118. The van der Waals surface area contributed by atoms with Gasteiger partial charge in [-0.1, -0.05) is 29.3 Å². The summed E-state index contributed by atoms with van der Waals surface area (Å²) in [5, 5.41) is 3.27. The molecule has 20 heavy (non-hydrogen) atoms. The lowest BCUT2D eigenvalue weighted by atomic mass is 10.2. The maximum absolute atomic E-state index is 11.8. The fraction of sp³-hybridized carbons (Fsp3) is 0.133. The number of carbonyl (C=O) groups is 1. The van der Waals surface area contributed by atoms with Crippen LogP contribution in [0.5, 0.6) is 5.75 Å². The quantitative estimate of drug-likeness (QED) is 0.882. The number of anilines is 1. The summed E-state index contributed by atoms with van der Waals surface area (Å²) in [6, 6.07) is 12.7. The molecule has 0 aliphatic carbocycles. The van der Waals surface area contributed by atoms with Gasteiger partial charge in [0.25, 0.3) is 5.91 Å². The van der Waals surface area contributed by atoms with E-state index in [1.54, 1.807) is 18.2 Å². The first kappa shape index (κ1) is 14.9. The second kappa shape index (κ2) is 6.77. The maximum atomic E-state index is 11.8. The van der Waals surface area contributed by atoms with Crippen LogP contribution in [0.25, 0.3) is 0 Å². The fourth-order valence-corrected chi connectivity index (χ4v) is 1.98. The molecule has 3 nitrogen and oxygen atoms in total. The molecular weight excluding hydrogens is 342 g/mol. The zero-order chi connectivity index (χ0) is 14.5. The molecule has 2 aromatic rings. The molecule has 0 unspecified atom stereocenters. The van der Waals surface area contributed by atoms with Gasteiger partial charge in [-0.3, -0.25) is 4.79 Å². The summed E-state index contributed by atoms with van der Waals surface area (Å²) in [4.78, 5) is 11.8. The Morgan fingerprint density at radius 3 is 2.60 bits per heavy atom. The molecule has 0 bridgehead atoms. The SMILES string of the molecule is Cc1ccc(OCC(=O)Nc2ccc(Br)c(Cl)c2)cc1. The molecular formula is C15H13BrClNO2. The summed E-state index contributed by atoms with van der Waals surface area (Å²) < 4.78 is 6.18. The summed E-state index contributed by atoms with van der Waals surface area (Å²) in [5.74, 6) is 0.434. The summed E-state index contributed by atoms with van der Waals surface area (Å²) in [5.41, 5.74) is 1.78.